The van der Waals surface area contributed by atoms with E-state index in [2.05, 4.69) is 15.0 Å². The van der Waals surface area contributed by atoms with Gasteiger partial charge in [-0.15, -0.1) is 0 Å². The zero-order valence-electron chi connectivity index (χ0n) is 12.6. The van der Waals surface area contributed by atoms with Gasteiger partial charge in [0.25, 0.3) is 10.0 Å². The van der Waals surface area contributed by atoms with E-state index < -0.39 is 10.0 Å². The van der Waals surface area contributed by atoms with Gasteiger partial charge in [0.15, 0.2) is 5.03 Å². The number of sulfonamides is 1. The van der Waals surface area contributed by atoms with Crippen LogP contribution < -0.4 is 10.0 Å². The average Bonchev–Trinajstić information content (AvgIpc) is 2.45. The Hall–Kier alpha value is -0.630. The lowest BCUT2D eigenvalue weighted by molar-refractivity contribution is 0.361. The molecule has 1 heterocycles. The van der Waals surface area contributed by atoms with Crippen molar-refractivity contribution in [1.29, 1.82) is 0 Å². The van der Waals surface area contributed by atoms with Gasteiger partial charge in [-0.05, 0) is 37.3 Å². The van der Waals surface area contributed by atoms with Crippen LogP contribution in [0.1, 0.15) is 31.7 Å². The second kappa shape index (κ2) is 7.09. The number of pyridine rings is 1. The Kier molecular flexibility index (Phi) is 5.65. The molecule has 7 heteroatoms. The topological polar surface area (TPSA) is 71.1 Å². The van der Waals surface area contributed by atoms with Crippen LogP contribution in [0.2, 0.25) is 0 Å². The first-order chi connectivity index (χ1) is 10.0. The zero-order chi connectivity index (χ0) is 15.3. The van der Waals surface area contributed by atoms with Gasteiger partial charge in [-0.3, -0.25) is 0 Å². The Balaban J connectivity index is 1.98. The third-order valence-corrected chi connectivity index (χ3v) is 6.67. The number of nitrogens with one attached hydrogen (secondary N) is 2. The van der Waals surface area contributed by atoms with Crippen LogP contribution in [-0.4, -0.2) is 37.5 Å². The third-order valence-electron chi connectivity index (χ3n) is 3.93. The SMILES string of the molecule is CCNCc1ccc(S(=O)(=O)NCC2(SC)CCC2)nc1. The molecule has 118 valence electrons. The van der Waals surface area contributed by atoms with E-state index in [1.807, 2.05) is 13.2 Å². The molecule has 0 bridgehead atoms. The summed E-state index contributed by atoms with van der Waals surface area (Å²) < 4.78 is 27.3. The molecule has 1 saturated carbocycles. The summed E-state index contributed by atoms with van der Waals surface area (Å²) in [6.45, 7) is 4.08. The highest BCUT2D eigenvalue weighted by molar-refractivity contribution is 8.00. The van der Waals surface area contributed by atoms with E-state index in [9.17, 15) is 8.42 Å². The molecule has 2 N–H and O–H groups in total. The standard InChI is InChI=1S/C14H23N3O2S2/c1-3-15-9-12-5-6-13(16-10-12)21(18,19)17-11-14(20-2)7-4-8-14/h5-6,10,15,17H,3-4,7-9,11H2,1-2H3. The van der Waals surface area contributed by atoms with Gasteiger partial charge in [0.2, 0.25) is 0 Å². The molecule has 1 aromatic heterocycles. The van der Waals surface area contributed by atoms with Gasteiger partial charge in [0.1, 0.15) is 0 Å². The number of aromatic nitrogens is 1. The largest absolute Gasteiger partial charge is 0.313 e. The summed E-state index contributed by atoms with van der Waals surface area (Å²) in [5, 5.41) is 3.28. The van der Waals surface area contributed by atoms with Crippen molar-refractivity contribution in [1.82, 2.24) is 15.0 Å². The maximum Gasteiger partial charge on any atom is 0.258 e. The Morgan fingerprint density at radius 3 is 2.62 bits per heavy atom. The summed E-state index contributed by atoms with van der Waals surface area (Å²) in [5.74, 6) is 0. The van der Waals surface area contributed by atoms with Crippen LogP contribution in [-0.2, 0) is 16.6 Å². The van der Waals surface area contributed by atoms with Gasteiger partial charge in [0.05, 0.1) is 0 Å². The number of hydrogen-bond acceptors (Lipinski definition) is 5. The first-order valence-corrected chi connectivity index (χ1v) is 9.93. The molecule has 21 heavy (non-hydrogen) atoms. The lowest BCUT2D eigenvalue weighted by atomic mass is 9.84. The van der Waals surface area contributed by atoms with Crippen LogP contribution in [0.5, 0.6) is 0 Å². The molecule has 0 amide bonds. The Bertz CT molecular complexity index is 549. The van der Waals surface area contributed by atoms with Gasteiger partial charge >= 0.3 is 0 Å². The van der Waals surface area contributed by atoms with Gasteiger partial charge in [-0.25, -0.2) is 18.1 Å². The lowest BCUT2D eigenvalue weighted by Gasteiger charge is -2.40. The third kappa shape index (κ3) is 4.18. The van der Waals surface area contributed by atoms with Crippen LogP contribution in [0.15, 0.2) is 23.4 Å². The molecule has 0 aliphatic heterocycles. The van der Waals surface area contributed by atoms with Crippen molar-refractivity contribution in [2.24, 2.45) is 0 Å². The monoisotopic (exact) mass is 329 g/mol. The molecule has 1 aliphatic carbocycles. The molecule has 2 rings (SSSR count). The van der Waals surface area contributed by atoms with Gasteiger partial charge in [0, 0.05) is 24.0 Å². The van der Waals surface area contributed by atoms with Crippen molar-refractivity contribution >= 4 is 21.8 Å². The van der Waals surface area contributed by atoms with E-state index in [1.165, 1.54) is 6.42 Å². The van der Waals surface area contributed by atoms with Crippen LogP contribution >= 0.6 is 11.8 Å². The average molecular weight is 329 g/mol. The summed E-state index contributed by atoms with van der Waals surface area (Å²) in [6, 6.07) is 3.37. The molecule has 1 fully saturated rings. The van der Waals surface area contributed by atoms with E-state index >= 15 is 0 Å². The summed E-state index contributed by atoms with van der Waals surface area (Å²) in [7, 11) is -3.51. The maximum absolute atomic E-state index is 12.3. The van der Waals surface area contributed by atoms with Crippen molar-refractivity contribution < 1.29 is 8.42 Å². The molecular formula is C14H23N3O2S2. The minimum atomic E-state index is -3.51. The highest BCUT2D eigenvalue weighted by Crippen LogP contribution is 2.42. The highest BCUT2D eigenvalue weighted by Gasteiger charge is 2.37. The normalized spacial score (nSPS) is 17.4. The number of nitrogens with zero attached hydrogens (tertiary/aromatic N) is 1. The molecule has 0 radical (unpaired) electrons. The lowest BCUT2D eigenvalue weighted by Crippen LogP contribution is -2.45. The van der Waals surface area contributed by atoms with Crippen LogP contribution in [0, 0.1) is 0 Å². The van der Waals surface area contributed by atoms with E-state index in [0.29, 0.717) is 13.1 Å². The molecular weight excluding hydrogens is 306 g/mol. The fourth-order valence-corrected chi connectivity index (χ4v) is 4.33. The molecule has 1 aromatic rings. The van der Waals surface area contributed by atoms with Gasteiger partial charge < -0.3 is 5.32 Å². The van der Waals surface area contributed by atoms with Crippen molar-refractivity contribution in [3.05, 3.63) is 23.9 Å². The first kappa shape index (κ1) is 16.7. The van der Waals surface area contributed by atoms with Crippen molar-refractivity contribution in [2.45, 2.75) is 42.5 Å². The zero-order valence-corrected chi connectivity index (χ0v) is 14.2. The fraction of sp³-hybridized carbons (Fsp3) is 0.643. The molecule has 1 aliphatic rings. The van der Waals surface area contributed by atoms with Crippen molar-refractivity contribution in [3.63, 3.8) is 0 Å². The van der Waals surface area contributed by atoms with Crippen LogP contribution in [0.3, 0.4) is 0 Å². The second-order valence-electron chi connectivity index (χ2n) is 5.35. The summed E-state index contributed by atoms with van der Waals surface area (Å²) >= 11 is 1.75. The molecule has 0 unspecified atom stereocenters. The fourth-order valence-electron chi connectivity index (χ4n) is 2.27. The molecule has 5 nitrogen and oxygen atoms in total. The predicted molar refractivity (Wildman–Crippen MR) is 86.9 cm³/mol. The van der Waals surface area contributed by atoms with Gasteiger partial charge in [-0.2, -0.15) is 11.8 Å². The van der Waals surface area contributed by atoms with E-state index in [4.69, 9.17) is 0 Å². The summed E-state index contributed by atoms with van der Waals surface area (Å²) in [6.07, 6.45) is 6.99. The number of thioether (sulfide) groups is 1. The molecule has 0 spiro atoms. The maximum atomic E-state index is 12.3. The Labute approximate surface area is 131 Å². The first-order valence-electron chi connectivity index (χ1n) is 7.22. The van der Waals surface area contributed by atoms with E-state index in [-0.39, 0.29) is 9.77 Å². The number of hydrogen-bond donors (Lipinski definition) is 2. The Morgan fingerprint density at radius 2 is 2.14 bits per heavy atom. The summed E-state index contributed by atoms with van der Waals surface area (Å²) in [4.78, 5) is 4.08. The highest BCUT2D eigenvalue weighted by atomic mass is 32.2. The predicted octanol–water partition coefficient (Wildman–Crippen LogP) is 1.76. The minimum absolute atomic E-state index is 0.0814. The molecule has 0 atom stereocenters. The van der Waals surface area contributed by atoms with Crippen molar-refractivity contribution in [2.75, 3.05) is 19.3 Å². The van der Waals surface area contributed by atoms with E-state index in [0.717, 1.165) is 24.9 Å². The van der Waals surface area contributed by atoms with Crippen molar-refractivity contribution in [3.8, 4) is 0 Å². The van der Waals surface area contributed by atoms with E-state index in [1.54, 1.807) is 30.1 Å². The summed E-state index contributed by atoms with van der Waals surface area (Å²) in [5.41, 5.74) is 0.982. The van der Waals surface area contributed by atoms with Crippen LogP contribution in [0.4, 0.5) is 0 Å². The molecule has 0 aromatic carbocycles. The van der Waals surface area contributed by atoms with Gasteiger partial charge in [-0.1, -0.05) is 19.4 Å². The smallest absolute Gasteiger partial charge is 0.258 e. The Morgan fingerprint density at radius 1 is 1.38 bits per heavy atom. The molecule has 0 saturated heterocycles. The quantitative estimate of drug-likeness (QED) is 0.760. The second-order valence-corrected chi connectivity index (χ2v) is 8.34. The minimum Gasteiger partial charge on any atom is -0.313 e. The van der Waals surface area contributed by atoms with Crippen LogP contribution in [0.25, 0.3) is 0 Å². The number of rotatable bonds is 8.